The van der Waals surface area contributed by atoms with Gasteiger partial charge < -0.3 is 10.0 Å². The Morgan fingerprint density at radius 2 is 2.20 bits per heavy atom. The van der Waals surface area contributed by atoms with Crippen LogP contribution >= 0.6 is 0 Å². The molecule has 0 bridgehead atoms. The number of carbonyl (C=O) groups is 1. The van der Waals surface area contributed by atoms with Gasteiger partial charge >= 0.3 is 5.97 Å². The molecular weight excluding hydrogens is 260 g/mol. The van der Waals surface area contributed by atoms with Crippen LogP contribution in [0.5, 0.6) is 0 Å². The summed E-state index contributed by atoms with van der Waals surface area (Å²) < 4.78 is 3.25. The first-order valence-corrected chi connectivity index (χ1v) is 6.29. The zero-order valence-corrected chi connectivity index (χ0v) is 11.8. The van der Waals surface area contributed by atoms with Crippen LogP contribution in [0.4, 0.5) is 0 Å². The van der Waals surface area contributed by atoms with Gasteiger partial charge in [0.15, 0.2) is 5.69 Å². The van der Waals surface area contributed by atoms with E-state index in [1.807, 2.05) is 14.1 Å². The highest BCUT2D eigenvalue weighted by molar-refractivity contribution is 5.92. The van der Waals surface area contributed by atoms with Crippen LogP contribution in [0, 0.1) is 0 Å². The van der Waals surface area contributed by atoms with Gasteiger partial charge in [0.2, 0.25) is 0 Å². The molecule has 2 rings (SSSR count). The fraction of sp³-hybridized carbons (Fsp3) is 0.500. The Bertz CT molecular complexity index is 601. The third-order valence-corrected chi connectivity index (χ3v) is 2.89. The molecule has 1 N–H and O–H groups in total. The second-order valence-corrected chi connectivity index (χ2v) is 4.87. The number of aromatic nitrogens is 5. The smallest absolute Gasteiger partial charge is 0.358 e. The highest BCUT2D eigenvalue weighted by atomic mass is 16.4. The van der Waals surface area contributed by atoms with Crippen LogP contribution in [0.15, 0.2) is 12.4 Å². The first kappa shape index (κ1) is 14.2. The van der Waals surface area contributed by atoms with Crippen molar-refractivity contribution in [3.05, 3.63) is 18.1 Å². The first-order chi connectivity index (χ1) is 9.49. The highest BCUT2D eigenvalue weighted by Crippen LogP contribution is 2.21. The maximum atomic E-state index is 11.2. The number of rotatable bonds is 6. The van der Waals surface area contributed by atoms with E-state index in [4.69, 9.17) is 0 Å². The lowest BCUT2D eigenvalue weighted by Gasteiger charge is -2.10. The van der Waals surface area contributed by atoms with Gasteiger partial charge in [-0.2, -0.15) is 5.10 Å². The summed E-state index contributed by atoms with van der Waals surface area (Å²) >= 11 is 0. The van der Waals surface area contributed by atoms with Crippen LogP contribution in [-0.4, -0.2) is 61.4 Å². The fourth-order valence-corrected chi connectivity index (χ4v) is 1.98. The summed E-state index contributed by atoms with van der Waals surface area (Å²) in [4.78, 5) is 13.3. The van der Waals surface area contributed by atoms with E-state index in [0.29, 0.717) is 17.8 Å². The van der Waals surface area contributed by atoms with Gasteiger partial charge in [-0.25, -0.2) is 9.48 Å². The number of nitrogens with zero attached hydrogens (tertiary/aromatic N) is 6. The van der Waals surface area contributed by atoms with E-state index in [1.165, 1.54) is 0 Å². The van der Waals surface area contributed by atoms with Crippen molar-refractivity contribution in [2.75, 3.05) is 20.6 Å². The van der Waals surface area contributed by atoms with Gasteiger partial charge in [0, 0.05) is 25.4 Å². The zero-order valence-electron chi connectivity index (χ0n) is 11.8. The topological polar surface area (TPSA) is 89.1 Å². The Morgan fingerprint density at radius 3 is 2.75 bits per heavy atom. The molecule has 0 spiro atoms. The van der Waals surface area contributed by atoms with Crippen molar-refractivity contribution >= 4 is 5.97 Å². The van der Waals surface area contributed by atoms with Crippen LogP contribution in [0.25, 0.3) is 11.3 Å². The van der Waals surface area contributed by atoms with Crippen molar-refractivity contribution in [3.8, 4) is 11.3 Å². The molecule has 0 aliphatic heterocycles. The molecule has 0 fully saturated rings. The molecule has 0 unspecified atom stereocenters. The number of aromatic carboxylic acids is 1. The Balaban J connectivity index is 2.30. The Labute approximate surface area is 116 Å². The molecule has 8 heteroatoms. The molecule has 108 valence electrons. The van der Waals surface area contributed by atoms with Crippen LogP contribution in [-0.2, 0) is 13.6 Å². The molecule has 0 amide bonds. The number of hydrogen-bond donors (Lipinski definition) is 1. The predicted octanol–water partition coefficient (Wildman–Crippen LogP) is 0.329. The molecule has 0 aliphatic rings. The predicted molar refractivity (Wildman–Crippen MR) is 72.4 cm³/mol. The van der Waals surface area contributed by atoms with Gasteiger partial charge in [0.25, 0.3) is 0 Å². The summed E-state index contributed by atoms with van der Waals surface area (Å²) in [6.45, 7) is 1.51. The quantitative estimate of drug-likeness (QED) is 0.819. The molecule has 2 aromatic heterocycles. The fourth-order valence-electron chi connectivity index (χ4n) is 1.98. The summed E-state index contributed by atoms with van der Waals surface area (Å²) in [5, 5.41) is 21.0. The van der Waals surface area contributed by atoms with E-state index >= 15 is 0 Å². The minimum Gasteiger partial charge on any atom is -0.476 e. The lowest BCUT2D eigenvalue weighted by molar-refractivity contribution is 0.0691. The second kappa shape index (κ2) is 5.83. The number of carboxylic acid groups (broad SMARTS) is 1. The Hall–Kier alpha value is -2.22. The van der Waals surface area contributed by atoms with Crippen LogP contribution in [0.2, 0.25) is 0 Å². The SMILES string of the molecule is CN(C)CCCn1nnc(C(=O)O)c1-c1cnn(C)c1. The lowest BCUT2D eigenvalue weighted by Crippen LogP contribution is -2.16. The number of aryl methyl sites for hydroxylation is 2. The van der Waals surface area contributed by atoms with Crippen LogP contribution in [0.3, 0.4) is 0 Å². The molecule has 0 atom stereocenters. The maximum Gasteiger partial charge on any atom is 0.358 e. The molecule has 0 saturated carbocycles. The summed E-state index contributed by atoms with van der Waals surface area (Å²) in [6.07, 6.45) is 4.24. The van der Waals surface area contributed by atoms with Gasteiger partial charge in [-0.1, -0.05) is 5.21 Å². The monoisotopic (exact) mass is 278 g/mol. The van der Waals surface area contributed by atoms with Crippen molar-refractivity contribution < 1.29 is 9.90 Å². The molecular formula is C12H18N6O2. The van der Waals surface area contributed by atoms with Gasteiger partial charge in [-0.05, 0) is 27.1 Å². The highest BCUT2D eigenvalue weighted by Gasteiger charge is 2.21. The summed E-state index contributed by atoms with van der Waals surface area (Å²) in [7, 11) is 5.77. The van der Waals surface area contributed by atoms with Gasteiger partial charge in [0.1, 0.15) is 5.69 Å². The lowest BCUT2D eigenvalue weighted by atomic mass is 10.2. The van der Waals surface area contributed by atoms with Gasteiger partial charge in [0.05, 0.1) is 6.20 Å². The van der Waals surface area contributed by atoms with Crippen molar-refractivity contribution in [1.29, 1.82) is 0 Å². The third kappa shape index (κ3) is 3.02. The first-order valence-electron chi connectivity index (χ1n) is 6.29. The minimum absolute atomic E-state index is 0.0390. The molecule has 2 aromatic rings. The zero-order chi connectivity index (χ0) is 14.7. The van der Waals surface area contributed by atoms with Gasteiger partial charge in [-0.15, -0.1) is 5.10 Å². The van der Waals surface area contributed by atoms with E-state index in [1.54, 1.807) is 28.8 Å². The van der Waals surface area contributed by atoms with Crippen LogP contribution < -0.4 is 0 Å². The normalized spacial score (nSPS) is 11.2. The van der Waals surface area contributed by atoms with E-state index in [2.05, 4.69) is 20.3 Å². The summed E-state index contributed by atoms with van der Waals surface area (Å²) in [5.41, 5.74) is 1.17. The number of carboxylic acids is 1. The average Bonchev–Trinajstić information content (AvgIpc) is 2.94. The molecule has 0 saturated heterocycles. The molecule has 0 aliphatic carbocycles. The Kier molecular flexibility index (Phi) is 4.14. The van der Waals surface area contributed by atoms with Crippen LogP contribution in [0.1, 0.15) is 16.9 Å². The van der Waals surface area contributed by atoms with E-state index in [9.17, 15) is 9.90 Å². The van der Waals surface area contributed by atoms with Gasteiger partial charge in [-0.3, -0.25) is 4.68 Å². The largest absolute Gasteiger partial charge is 0.476 e. The van der Waals surface area contributed by atoms with Crippen molar-refractivity contribution in [2.24, 2.45) is 7.05 Å². The standard InChI is InChI=1S/C12H18N6O2/c1-16(2)5-4-6-18-11(9-7-13-17(3)8-9)10(12(19)20)14-15-18/h7-8H,4-6H2,1-3H3,(H,19,20). The molecule has 2 heterocycles. The Morgan fingerprint density at radius 1 is 1.45 bits per heavy atom. The molecule has 0 radical (unpaired) electrons. The van der Waals surface area contributed by atoms with Crippen molar-refractivity contribution in [2.45, 2.75) is 13.0 Å². The molecule has 20 heavy (non-hydrogen) atoms. The summed E-state index contributed by atoms with van der Waals surface area (Å²) in [6, 6.07) is 0. The summed E-state index contributed by atoms with van der Waals surface area (Å²) in [5.74, 6) is -1.08. The van der Waals surface area contributed by atoms with E-state index < -0.39 is 5.97 Å². The van der Waals surface area contributed by atoms with Crippen molar-refractivity contribution in [1.82, 2.24) is 29.7 Å². The number of hydrogen-bond acceptors (Lipinski definition) is 5. The van der Waals surface area contributed by atoms with E-state index in [-0.39, 0.29) is 5.69 Å². The maximum absolute atomic E-state index is 11.2. The third-order valence-electron chi connectivity index (χ3n) is 2.89. The van der Waals surface area contributed by atoms with E-state index in [0.717, 1.165) is 13.0 Å². The van der Waals surface area contributed by atoms with Crippen molar-refractivity contribution in [3.63, 3.8) is 0 Å². The molecule has 8 nitrogen and oxygen atoms in total. The average molecular weight is 278 g/mol. The molecule has 0 aromatic carbocycles. The minimum atomic E-state index is -1.08. The second-order valence-electron chi connectivity index (χ2n) is 4.87.